The lowest BCUT2D eigenvalue weighted by Gasteiger charge is -2.34. The number of carbonyl (C=O) groups excluding carboxylic acids is 2. The molecule has 0 saturated carbocycles. The molecule has 3 rings (SSSR count). The second kappa shape index (κ2) is 14.7. The van der Waals surface area contributed by atoms with Gasteiger partial charge in [0.05, 0.1) is 26.2 Å². The van der Waals surface area contributed by atoms with Crippen molar-refractivity contribution in [1.29, 1.82) is 0 Å². The van der Waals surface area contributed by atoms with Gasteiger partial charge in [-0.1, -0.05) is 49.4 Å². The lowest BCUT2D eigenvalue weighted by molar-refractivity contribution is -0.140. The summed E-state index contributed by atoms with van der Waals surface area (Å²) in [5.41, 5.74) is 1.53. The molecule has 0 aliphatic heterocycles. The van der Waals surface area contributed by atoms with Crippen molar-refractivity contribution in [3.63, 3.8) is 0 Å². The van der Waals surface area contributed by atoms with Gasteiger partial charge in [-0.15, -0.1) is 0 Å². The van der Waals surface area contributed by atoms with Gasteiger partial charge in [-0.2, -0.15) is 0 Å². The second-order valence-electron chi connectivity index (χ2n) is 9.98. The van der Waals surface area contributed by atoms with Crippen LogP contribution in [0.25, 0.3) is 0 Å². The number of sulfonamides is 1. The Morgan fingerprint density at radius 2 is 1.62 bits per heavy atom. The number of methoxy groups -OCH3 is 2. The van der Waals surface area contributed by atoms with E-state index in [9.17, 15) is 22.4 Å². The first kappa shape index (κ1) is 32.4. The highest BCUT2D eigenvalue weighted by molar-refractivity contribution is 7.92. The van der Waals surface area contributed by atoms with Crippen molar-refractivity contribution in [3.8, 4) is 11.5 Å². The molecular weight excluding hydrogens is 561 g/mol. The maximum Gasteiger partial charge on any atom is 0.244 e. The quantitative estimate of drug-likeness (QED) is 0.298. The fourth-order valence-electron chi connectivity index (χ4n) is 4.37. The minimum Gasteiger partial charge on any atom is -0.497 e. The predicted octanol–water partition coefficient (Wildman–Crippen LogP) is 4.16. The third-order valence-corrected chi connectivity index (χ3v) is 8.00. The molecule has 0 spiro atoms. The van der Waals surface area contributed by atoms with Crippen LogP contribution in [-0.2, 0) is 32.6 Å². The first-order valence-electron chi connectivity index (χ1n) is 13.5. The Balaban J connectivity index is 2.09. The highest BCUT2D eigenvalue weighted by atomic mass is 32.2. The number of anilines is 1. The maximum absolute atomic E-state index is 14.2. The van der Waals surface area contributed by atoms with Crippen LogP contribution in [0.1, 0.15) is 31.4 Å². The van der Waals surface area contributed by atoms with Crippen LogP contribution < -0.4 is 19.1 Å². The summed E-state index contributed by atoms with van der Waals surface area (Å²) in [7, 11) is -1.14. The number of rotatable bonds is 14. The van der Waals surface area contributed by atoms with Crippen LogP contribution in [0.4, 0.5) is 10.1 Å². The van der Waals surface area contributed by atoms with E-state index in [2.05, 4.69) is 5.32 Å². The normalized spacial score (nSPS) is 12.6. The average molecular weight is 600 g/mol. The summed E-state index contributed by atoms with van der Waals surface area (Å²) >= 11 is 0. The molecule has 0 bridgehead atoms. The van der Waals surface area contributed by atoms with Crippen LogP contribution in [0.3, 0.4) is 0 Å². The van der Waals surface area contributed by atoms with E-state index in [1.165, 1.54) is 55.5 Å². The zero-order chi connectivity index (χ0) is 30.9. The summed E-state index contributed by atoms with van der Waals surface area (Å²) in [5, 5.41) is 2.97. The second-order valence-corrected chi connectivity index (χ2v) is 11.9. The minimum absolute atomic E-state index is 0.0537. The topological polar surface area (TPSA) is 105 Å². The summed E-state index contributed by atoms with van der Waals surface area (Å²) in [4.78, 5) is 29.2. The number of amides is 2. The summed E-state index contributed by atoms with van der Waals surface area (Å²) in [6.07, 6.45) is 1.85. The fourth-order valence-corrected chi connectivity index (χ4v) is 5.22. The molecule has 0 radical (unpaired) electrons. The van der Waals surface area contributed by atoms with Gasteiger partial charge in [0.1, 0.15) is 29.9 Å². The van der Waals surface area contributed by atoms with E-state index >= 15 is 0 Å². The van der Waals surface area contributed by atoms with E-state index in [0.717, 1.165) is 16.1 Å². The van der Waals surface area contributed by atoms with Gasteiger partial charge >= 0.3 is 0 Å². The molecule has 0 fully saturated rings. The maximum atomic E-state index is 14.2. The molecule has 9 nitrogen and oxygen atoms in total. The number of hydrogen-bond acceptors (Lipinski definition) is 6. The average Bonchev–Trinajstić information content (AvgIpc) is 2.98. The molecule has 0 saturated heterocycles. The van der Waals surface area contributed by atoms with Gasteiger partial charge in [0, 0.05) is 25.1 Å². The Hall–Kier alpha value is -4.12. The van der Waals surface area contributed by atoms with E-state index in [4.69, 9.17) is 9.47 Å². The van der Waals surface area contributed by atoms with E-state index in [-0.39, 0.29) is 36.4 Å². The SMILES string of the molecule is CCC(C)NC(=O)C(Cc1ccccc1)N(Cc1ccc(F)cc1)C(=O)CN(c1ccc(OC)cc1OC)S(C)(=O)=O. The van der Waals surface area contributed by atoms with Crippen molar-refractivity contribution in [2.75, 3.05) is 31.3 Å². The van der Waals surface area contributed by atoms with Crippen molar-refractivity contribution in [3.05, 3.63) is 89.7 Å². The van der Waals surface area contributed by atoms with Gasteiger partial charge in [-0.05, 0) is 48.7 Å². The van der Waals surface area contributed by atoms with Crippen molar-refractivity contribution >= 4 is 27.5 Å². The van der Waals surface area contributed by atoms with Crippen LogP contribution in [0, 0.1) is 5.82 Å². The molecule has 0 aliphatic rings. The van der Waals surface area contributed by atoms with Crippen molar-refractivity contribution in [2.24, 2.45) is 0 Å². The Bertz CT molecular complexity index is 1450. The number of hydrogen-bond donors (Lipinski definition) is 1. The van der Waals surface area contributed by atoms with Gasteiger partial charge in [0.15, 0.2) is 0 Å². The van der Waals surface area contributed by atoms with E-state index in [0.29, 0.717) is 17.7 Å². The third kappa shape index (κ3) is 8.69. The number of carbonyl (C=O) groups is 2. The molecule has 1 N–H and O–H groups in total. The van der Waals surface area contributed by atoms with Gasteiger partial charge in [0.2, 0.25) is 21.8 Å². The lowest BCUT2D eigenvalue weighted by atomic mass is 10.0. The number of ether oxygens (including phenoxy) is 2. The highest BCUT2D eigenvalue weighted by Crippen LogP contribution is 2.33. The van der Waals surface area contributed by atoms with E-state index < -0.39 is 34.3 Å². The lowest BCUT2D eigenvalue weighted by Crippen LogP contribution is -2.54. The number of benzene rings is 3. The Morgan fingerprint density at radius 3 is 2.19 bits per heavy atom. The largest absolute Gasteiger partial charge is 0.497 e. The Kier molecular flexibility index (Phi) is 11.3. The van der Waals surface area contributed by atoms with Crippen LogP contribution in [0.2, 0.25) is 0 Å². The number of nitrogens with zero attached hydrogens (tertiary/aromatic N) is 2. The molecule has 2 atom stereocenters. The van der Waals surface area contributed by atoms with Crippen molar-refractivity contribution < 1.29 is 31.9 Å². The summed E-state index contributed by atoms with van der Waals surface area (Å²) in [6, 6.07) is 18.3. The molecule has 0 aromatic heterocycles. The summed E-state index contributed by atoms with van der Waals surface area (Å²) < 4.78 is 51.4. The van der Waals surface area contributed by atoms with Crippen molar-refractivity contribution in [1.82, 2.24) is 10.2 Å². The molecular formula is C31H38FN3O6S. The molecule has 226 valence electrons. The molecule has 42 heavy (non-hydrogen) atoms. The first-order chi connectivity index (χ1) is 20.0. The molecule has 0 aliphatic carbocycles. The van der Waals surface area contributed by atoms with E-state index in [1.807, 2.05) is 44.2 Å². The van der Waals surface area contributed by atoms with Gasteiger partial charge in [-0.3, -0.25) is 13.9 Å². The van der Waals surface area contributed by atoms with Crippen molar-refractivity contribution in [2.45, 2.75) is 45.3 Å². The Morgan fingerprint density at radius 1 is 0.952 bits per heavy atom. The van der Waals surface area contributed by atoms with Crippen LogP contribution >= 0.6 is 0 Å². The van der Waals surface area contributed by atoms with E-state index in [1.54, 1.807) is 6.07 Å². The first-order valence-corrected chi connectivity index (χ1v) is 15.4. The summed E-state index contributed by atoms with van der Waals surface area (Å²) in [5.74, 6) is -0.813. The smallest absolute Gasteiger partial charge is 0.244 e. The number of nitrogens with one attached hydrogen (secondary N) is 1. The van der Waals surface area contributed by atoms with Crippen LogP contribution in [-0.4, -0.2) is 64.2 Å². The van der Waals surface area contributed by atoms with Gasteiger partial charge < -0.3 is 19.7 Å². The predicted molar refractivity (Wildman–Crippen MR) is 161 cm³/mol. The van der Waals surface area contributed by atoms with Gasteiger partial charge in [-0.25, -0.2) is 12.8 Å². The third-order valence-electron chi connectivity index (χ3n) is 6.87. The van der Waals surface area contributed by atoms with Crippen LogP contribution in [0.5, 0.6) is 11.5 Å². The highest BCUT2D eigenvalue weighted by Gasteiger charge is 2.34. The summed E-state index contributed by atoms with van der Waals surface area (Å²) in [6.45, 7) is 3.14. The molecule has 3 aromatic carbocycles. The Labute approximate surface area is 247 Å². The molecule has 11 heteroatoms. The minimum atomic E-state index is -3.99. The molecule has 3 aromatic rings. The standard InChI is InChI=1S/C31H38FN3O6S/c1-6-22(2)33-31(37)28(18-23-10-8-7-9-11-23)34(20-24-12-14-25(32)15-13-24)30(36)21-35(42(5,38)39)27-17-16-26(40-3)19-29(27)41-4/h7-17,19,22,28H,6,18,20-21H2,1-5H3,(H,33,37). The zero-order valence-corrected chi connectivity index (χ0v) is 25.4. The molecule has 2 unspecified atom stereocenters. The number of halogens is 1. The fraction of sp³-hybridized carbons (Fsp3) is 0.355. The molecule has 2 amide bonds. The van der Waals surface area contributed by atoms with Gasteiger partial charge in [0.25, 0.3) is 0 Å². The monoisotopic (exact) mass is 599 g/mol. The zero-order valence-electron chi connectivity index (χ0n) is 24.5. The molecule has 0 heterocycles. The van der Waals surface area contributed by atoms with Crippen LogP contribution in [0.15, 0.2) is 72.8 Å².